The predicted molar refractivity (Wildman–Crippen MR) is 106 cm³/mol. The van der Waals surface area contributed by atoms with E-state index in [2.05, 4.69) is 5.32 Å². The zero-order valence-electron chi connectivity index (χ0n) is 16.6. The van der Waals surface area contributed by atoms with Crippen LogP contribution in [0.1, 0.15) is 25.3 Å². The van der Waals surface area contributed by atoms with Crippen molar-refractivity contribution in [2.24, 2.45) is 0 Å². The van der Waals surface area contributed by atoms with Gasteiger partial charge in [-0.3, -0.25) is 0 Å². The Morgan fingerprint density at radius 1 is 1.24 bits per heavy atom. The molecule has 158 valence electrons. The summed E-state index contributed by atoms with van der Waals surface area (Å²) < 4.78 is 15.8. The SMILES string of the molecule is CCOC(=O)C1=C(C)NC(COCCNO)=C(C(=O)OC)C1c1ccccc1Cl. The number of halogens is 1. The van der Waals surface area contributed by atoms with Crippen molar-refractivity contribution >= 4 is 23.5 Å². The first-order chi connectivity index (χ1) is 14.0. The molecule has 1 aliphatic heterocycles. The maximum atomic E-state index is 12.8. The number of allylic oxidation sites excluding steroid dienone is 1. The van der Waals surface area contributed by atoms with E-state index in [1.807, 2.05) is 5.48 Å². The summed E-state index contributed by atoms with van der Waals surface area (Å²) in [6, 6.07) is 6.98. The normalized spacial score (nSPS) is 16.5. The molecule has 0 fully saturated rings. The molecule has 0 saturated heterocycles. The van der Waals surface area contributed by atoms with Crippen molar-refractivity contribution in [1.82, 2.24) is 10.8 Å². The molecule has 0 spiro atoms. The summed E-state index contributed by atoms with van der Waals surface area (Å²) in [5, 5.41) is 12.2. The number of carbonyl (C=O) groups excluding carboxylic acids is 2. The molecule has 9 heteroatoms. The van der Waals surface area contributed by atoms with E-state index in [1.54, 1.807) is 38.1 Å². The van der Waals surface area contributed by atoms with Crippen molar-refractivity contribution < 1.29 is 29.0 Å². The minimum atomic E-state index is -0.786. The van der Waals surface area contributed by atoms with E-state index in [0.29, 0.717) is 22.0 Å². The Balaban J connectivity index is 2.60. The fourth-order valence-corrected chi connectivity index (χ4v) is 3.40. The van der Waals surface area contributed by atoms with Crippen molar-refractivity contribution in [1.29, 1.82) is 0 Å². The summed E-state index contributed by atoms with van der Waals surface area (Å²) >= 11 is 6.42. The number of benzene rings is 1. The molecule has 0 aliphatic carbocycles. The molecular weight excluding hydrogens is 400 g/mol. The standard InChI is InChI=1S/C20H25ClN2O6/c1-4-29-20(25)16-12(2)23-15(11-28-10-9-22-26)18(19(24)27-3)17(16)13-7-5-6-8-14(13)21/h5-8,17,22-23,26H,4,9-11H2,1-3H3. The molecule has 1 unspecified atom stereocenters. The Morgan fingerprint density at radius 3 is 2.59 bits per heavy atom. The van der Waals surface area contributed by atoms with Crippen molar-refractivity contribution in [3.8, 4) is 0 Å². The van der Waals surface area contributed by atoms with Crippen LogP contribution in [0.25, 0.3) is 0 Å². The van der Waals surface area contributed by atoms with Crippen LogP contribution in [0.4, 0.5) is 0 Å². The summed E-state index contributed by atoms with van der Waals surface area (Å²) in [4.78, 5) is 25.5. The van der Waals surface area contributed by atoms with Crippen LogP contribution < -0.4 is 10.8 Å². The fourth-order valence-electron chi connectivity index (χ4n) is 3.15. The van der Waals surface area contributed by atoms with Gasteiger partial charge in [-0.05, 0) is 25.5 Å². The third-order valence-electron chi connectivity index (χ3n) is 4.37. The number of methoxy groups -OCH3 is 1. The van der Waals surface area contributed by atoms with Crippen LogP contribution in [-0.4, -0.2) is 50.6 Å². The average molecular weight is 425 g/mol. The number of hydrogen-bond acceptors (Lipinski definition) is 8. The van der Waals surface area contributed by atoms with Gasteiger partial charge < -0.3 is 24.7 Å². The van der Waals surface area contributed by atoms with E-state index in [-0.39, 0.29) is 37.5 Å². The highest BCUT2D eigenvalue weighted by molar-refractivity contribution is 6.31. The molecule has 0 bridgehead atoms. The Hall–Kier alpha value is -2.39. The molecule has 1 aromatic carbocycles. The Bertz CT molecular complexity index is 821. The van der Waals surface area contributed by atoms with E-state index >= 15 is 0 Å². The maximum Gasteiger partial charge on any atom is 0.336 e. The van der Waals surface area contributed by atoms with E-state index in [0.717, 1.165) is 0 Å². The van der Waals surface area contributed by atoms with Gasteiger partial charge in [-0.1, -0.05) is 29.8 Å². The predicted octanol–water partition coefficient (Wildman–Crippen LogP) is 2.29. The number of esters is 2. The highest BCUT2D eigenvalue weighted by atomic mass is 35.5. The number of rotatable bonds is 9. The molecule has 0 saturated carbocycles. The van der Waals surface area contributed by atoms with E-state index < -0.39 is 17.9 Å². The molecule has 1 heterocycles. The number of hydroxylamine groups is 1. The first-order valence-corrected chi connectivity index (χ1v) is 9.49. The van der Waals surface area contributed by atoms with E-state index in [9.17, 15) is 9.59 Å². The van der Waals surface area contributed by atoms with Crippen molar-refractivity contribution in [2.45, 2.75) is 19.8 Å². The average Bonchev–Trinajstić information content (AvgIpc) is 2.70. The van der Waals surface area contributed by atoms with Gasteiger partial charge in [0.05, 0.1) is 49.7 Å². The summed E-state index contributed by atoms with van der Waals surface area (Å²) in [6.07, 6.45) is 0. The lowest BCUT2D eigenvalue weighted by Gasteiger charge is -2.31. The molecule has 29 heavy (non-hydrogen) atoms. The van der Waals surface area contributed by atoms with Crippen molar-refractivity contribution in [3.63, 3.8) is 0 Å². The van der Waals surface area contributed by atoms with Gasteiger partial charge in [-0.15, -0.1) is 0 Å². The molecule has 8 nitrogen and oxygen atoms in total. The van der Waals surface area contributed by atoms with E-state index in [4.69, 9.17) is 31.0 Å². The van der Waals surface area contributed by atoms with E-state index in [1.165, 1.54) is 7.11 Å². The Labute approximate surface area is 174 Å². The van der Waals surface area contributed by atoms with Crippen LogP contribution in [0.2, 0.25) is 5.02 Å². The van der Waals surface area contributed by atoms with Crippen molar-refractivity contribution in [2.75, 3.05) is 33.5 Å². The molecule has 0 aromatic heterocycles. The van der Waals surface area contributed by atoms with Gasteiger partial charge in [0, 0.05) is 17.3 Å². The molecule has 1 aliphatic rings. The number of dihydropyridines is 1. The largest absolute Gasteiger partial charge is 0.466 e. The molecule has 0 amide bonds. The summed E-state index contributed by atoms with van der Waals surface area (Å²) in [5.74, 6) is -1.95. The molecule has 1 aromatic rings. The molecular formula is C20H25ClN2O6. The van der Waals surface area contributed by atoms with Gasteiger partial charge in [-0.2, -0.15) is 0 Å². The zero-order chi connectivity index (χ0) is 21.4. The Morgan fingerprint density at radius 2 is 1.97 bits per heavy atom. The molecule has 1 atom stereocenters. The first-order valence-electron chi connectivity index (χ1n) is 9.11. The second kappa shape index (κ2) is 11.0. The minimum Gasteiger partial charge on any atom is -0.466 e. The lowest BCUT2D eigenvalue weighted by molar-refractivity contribution is -0.139. The fraction of sp³-hybridized carbons (Fsp3) is 0.400. The Kier molecular flexibility index (Phi) is 8.66. The number of nitrogens with one attached hydrogen (secondary N) is 2. The summed E-state index contributed by atoms with van der Waals surface area (Å²) in [7, 11) is 1.27. The quantitative estimate of drug-likeness (QED) is 0.315. The van der Waals surface area contributed by atoms with Crippen molar-refractivity contribution in [3.05, 3.63) is 57.4 Å². The zero-order valence-corrected chi connectivity index (χ0v) is 17.3. The van der Waals surface area contributed by atoms with Gasteiger partial charge in [-0.25, -0.2) is 15.1 Å². The second-order valence-corrected chi connectivity index (χ2v) is 6.59. The minimum absolute atomic E-state index is 0.0422. The maximum absolute atomic E-state index is 12.8. The molecule has 2 rings (SSSR count). The van der Waals surface area contributed by atoms with Gasteiger partial charge in [0.15, 0.2) is 0 Å². The topological polar surface area (TPSA) is 106 Å². The van der Waals surface area contributed by atoms with Crippen LogP contribution >= 0.6 is 11.6 Å². The smallest absolute Gasteiger partial charge is 0.336 e. The third kappa shape index (κ3) is 5.36. The summed E-state index contributed by atoms with van der Waals surface area (Å²) in [6.45, 7) is 4.09. The second-order valence-electron chi connectivity index (χ2n) is 6.18. The highest BCUT2D eigenvalue weighted by Gasteiger charge is 2.39. The van der Waals surface area contributed by atoms with Gasteiger partial charge in [0.25, 0.3) is 0 Å². The monoisotopic (exact) mass is 424 g/mol. The highest BCUT2D eigenvalue weighted by Crippen LogP contribution is 2.41. The van der Waals surface area contributed by atoms with Gasteiger partial charge in [0.1, 0.15) is 0 Å². The van der Waals surface area contributed by atoms with Gasteiger partial charge >= 0.3 is 11.9 Å². The summed E-state index contributed by atoms with van der Waals surface area (Å²) in [5.41, 5.74) is 4.04. The van der Waals surface area contributed by atoms with Crippen LogP contribution in [-0.2, 0) is 23.8 Å². The lowest BCUT2D eigenvalue weighted by atomic mass is 9.80. The molecule has 3 N–H and O–H groups in total. The number of ether oxygens (including phenoxy) is 3. The van der Waals surface area contributed by atoms with Gasteiger partial charge in [0.2, 0.25) is 0 Å². The molecule has 0 radical (unpaired) electrons. The number of hydrogen-bond donors (Lipinski definition) is 3. The van der Waals surface area contributed by atoms with Crippen LogP contribution in [0.5, 0.6) is 0 Å². The van der Waals surface area contributed by atoms with Crippen LogP contribution in [0, 0.1) is 0 Å². The van der Waals surface area contributed by atoms with Crippen LogP contribution in [0.15, 0.2) is 46.8 Å². The van der Waals surface area contributed by atoms with Crippen LogP contribution in [0.3, 0.4) is 0 Å². The first kappa shape index (κ1) is 22.9. The lowest BCUT2D eigenvalue weighted by Crippen LogP contribution is -2.35. The number of carbonyl (C=O) groups is 2. The third-order valence-corrected chi connectivity index (χ3v) is 4.71.